The Balaban J connectivity index is 0.00000200. The van der Waals surface area contributed by atoms with Crippen LogP contribution < -0.4 is 5.32 Å². The predicted molar refractivity (Wildman–Crippen MR) is 90.7 cm³/mol. The van der Waals surface area contributed by atoms with Gasteiger partial charge in [-0.05, 0) is 18.4 Å². The summed E-state index contributed by atoms with van der Waals surface area (Å²) in [6, 6.07) is 5.37. The summed E-state index contributed by atoms with van der Waals surface area (Å²) in [4.78, 5) is 10.00. The molecule has 0 atom stereocenters. The maximum absolute atomic E-state index is 6.12. The van der Waals surface area contributed by atoms with Crippen molar-refractivity contribution in [2.24, 2.45) is 4.99 Å². The van der Waals surface area contributed by atoms with Gasteiger partial charge in [0.1, 0.15) is 0 Å². The van der Waals surface area contributed by atoms with Gasteiger partial charge in [-0.1, -0.05) is 29.3 Å². The van der Waals surface area contributed by atoms with Crippen molar-refractivity contribution in [3.05, 3.63) is 28.2 Å². The van der Waals surface area contributed by atoms with Crippen LogP contribution in [0.1, 0.15) is 0 Å². The zero-order chi connectivity index (χ0) is 13.7. The number of halogens is 3. The van der Waals surface area contributed by atoms with E-state index in [-0.39, 0.29) is 12.4 Å². The number of nitrogens with one attached hydrogen (secondary N) is 1. The zero-order valence-corrected chi connectivity index (χ0v) is 14.1. The molecule has 0 aliphatic carbocycles. The molecule has 0 fully saturated rings. The van der Waals surface area contributed by atoms with Crippen LogP contribution in [0.2, 0.25) is 10.0 Å². The van der Waals surface area contributed by atoms with Gasteiger partial charge in [0.05, 0.1) is 35.4 Å². The van der Waals surface area contributed by atoms with E-state index in [4.69, 9.17) is 28.0 Å². The average Bonchev–Trinajstić information content (AvgIpc) is 2.82. The molecule has 0 amide bonds. The fourth-order valence-corrected chi connectivity index (χ4v) is 2.35. The monoisotopic (exact) mass is 355 g/mol. The molecule has 4 nitrogen and oxygen atoms in total. The fraction of sp³-hybridized carbons (Fsp3) is 0.417. The fourth-order valence-electron chi connectivity index (χ4n) is 1.62. The first-order valence-corrected chi connectivity index (χ1v) is 8.02. The molecule has 112 valence electrons. The van der Waals surface area contributed by atoms with Crippen molar-refractivity contribution in [2.45, 2.75) is 0 Å². The van der Waals surface area contributed by atoms with Crippen LogP contribution in [0.15, 0.2) is 23.2 Å². The molecule has 1 aromatic carbocycles. The number of benzene rings is 1. The summed E-state index contributed by atoms with van der Waals surface area (Å²) < 4.78 is 0. The van der Waals surface area contributed by atoms with Gasteiger partial charge in [0.15, 0.2) is 0 Å². The van der Waals surface area contributed by atoms with Crippen molar-refractivity contribution in [2.75, 3.05) is 37.0 Å². The predicted octanol–water partition coefficient (Wildman–Crippen LogP) is 3.79. The topological polar surface area (TPSA) is 36.9 Å². The van der Waals surface area contributed by atoms with Crippen molar-refractivity contribution >= 4 is 59.0 Å². The normalized spacial score (nSPS) is 13.9. The molecule has 1 aliphatic rings. The molecule has 20 heavy (non-hydrogen) atoms. The Labute approximate surface area is 139 Å². The zero-order valence-electron chi connectivity index (χ0n) is 10.9. The Bertz CT molecular complexity index is 453. The van der Waals surface area contributed by atoms with Gasteiger partial charge in [0, 0.05) is 5.75 Å². The molecular weight excluding hydrogens is 341 g/mol. The molecule has 1 heterocycles. The molecule has 0 saturated carbocycles. The van der Waals surface area contributed by atoms with E-state index < -0.39 is 0 Å². The van der Waals surface area contributed by atoms with Gasteiger partial charge in [-0.15, -0.1) is 12.4 Å². The van der Waals surface area contributed by atoms with Crippen LogP contribution in [0.4, 0.5) is 5.69 Å². The number of hydrogen-bond acceptors (Lipinski definition) is 5. The minimum Gasteiger partial charge on any atom is -0.322 e. The maximum Gasteiger partial charge on any atom is 0.223 e. The van der Waals surface area contributed by atoms with E-state index in [2.05, 4.69) is 10.3 Å². The summed E-state index contributed by atoms with van der Waals surface area (Å²) in [7, 11) is 0. The third kappa shape index (κ3) is 4.60. The second-order valence-electron chi connectivity index (χ2n) is 3.86. The molecule has 0 bridgehead atoms. The Morgan fingerprint density at radius 3 is 2.75 bits per heavy atom. The molecule has 0 aromatic heterocycles. The molecule has 1 aliphatic heterocycles. The summed E-state index contributed by atoms with van der Waals surface area (Å²) in [5, 5.41) is 6.00. The highest BCUT2D eigenvalue weighted by Crippen LogP contribution is 2.30. The van der Waals surface area contributed by atoms with Crippen LogP contribution in [-0.2, 0) is 4.84 Å². The number of anilines is 1. The number of nitrogens with zero attached hydrogens (tertiary/aromatic N) is 2. The van der Waals surface area contributed by atoms with Crippen LogP contribution in [0, 0.1) is 0 Å². The highest BCUT2D eigenvalue weighted by atomic mass is 35.5. The summed E-state index contributed by atoms with van der Waals surface area (Å²) in [5.74, 6) is 1.59. The number of thioether (sulfide) groups is 1. The standard InChI is InChI=1S/C12H15Cl2N3OS.ClH/c1-19-8-7-18-17-6-5-15-12(17)16-11-9(13)3-2-4-10(11)14;/h2-4H,5-8H2,1H3,(H,15,16);1H. The lowest BCUT2D eigenvalue weighted by molar-refractivity contribution is -0.0833. The van der Waals surface area contributed by atoms with Gasteiger partial charge in [-0.25, -0.2) is 10.1 Å². The van der Waals surface area contributed by atoms with Gasteiger partial charge in [-0.3, -0.25) is 4.84 Å². The minimum absolute atomic E-state index is 0. The van der Waals surface area contributed by atoms with Crippen LogP contribution in [0.3, 0.4) is 0 Å². The first-order valence-electron chi connectivity index (χ1n) is 5.87. The van der Waals surface area contributed by atoms with Crippen molar-refractivity contribution in [3.8, 4) is 0 Å². The summed E-state index contributed by atoms with van der Waals surface area (Å²) in [6.45, 7) is 2.08. The largest absolute Gasteiger partial charge is 0.322 e. The highest BCUT2D eigenvalue weighted by molar-refractivity contribution is 7.98. The molecule has 0 spiro atoms. The average molecular weight is 357 g/mol. The number of guanidine groups is 1. The summed E-state index contributed by atoms with van der Waals surface area (Å²) in [6.07, 6.45) is 2.05. The summed E-state index contributed by atoms with van der Waals surface area (Å²) in [5.41, 5.74) is 0.657. The van der Waals surface area contributed by atoms with E-state index in [1.54, 1.807) is 35.0 Å². The lowest BCUT2D eigenvalue weighted by Crippen LogP contribution is -2.34. The Kier molecular flexibility index (Phi) is 7.84. The lowest BCUT2D eigenvalue weighted by atomic mass is 10.3. The molecule has 8 heteroatoms. The van der Waals surface area contributed by atoms with Crippen molar-refractivity contribution in [1.29, 1.82) is 0 Å². The van der Waals surface area contributed by atoms with Gasteiger partial charge in [0.2, 0.25) is 5.96 Å². The van der Waals surface area contributed by atoms with Crippen molar-refractivity contribution < 1.29 is 4.84 Å². The smallest absolute Gasteiger partial charge is 0.223 e. The molecular formula is C12H16Cl3N3OS. The van der Waals surface area contributed by atoms with Crippen molar-refractivity contribution in [3.63, 3.8) is 0 Å². The van der Waals surface area contributed by atoms with E-state index in [1.807, 2.05) is 6.26 Å². The number of rotatable bonds is 5. The SMILES string of the molecule is CSCCON1CCN=C1Nc1c(Cl)cccc1Cl.Cl. The van der Waals surface area contributed by atoms with Gasteiger partial charge in [0.25, 0.3) is 0 Å². The molecule has 2 rings (SSSR count). The second-order valence-corrected chi connectivity index (χ2v) is 5.66. The van der Waals surface area contributed by atoms with E-state index >= 15 is 0 Å². The van der Waals surface area contributed by atoms with Crippen LogP contribution in [0.25, 0.3) is 0 Å². The Morgan fingerprint density at radius 1 is 1.40 bits per heavy atom. The van der Waals surface area contributed by atoms with Crippen LogP contribution in [-0.4, -0.2) is 42.7 Å². The number of hydroxylamine groups is 2. The maximum atomic E-state index is 6.12. The van der Waals surface area contributed by atoms with E-state index in [0.29, 0.717) is 34.8 Å². The van der Waals surface area contributed by atoms with Crippen LogP contribution >= 0.6 is 47.4 Å². The molecule has 0 radical (unpaired) electrons. The first kappa shape index (κ1) is 17.7. The number of aliphatic imine (C=N–C) groups is 1. The Hall–Kier alpha value is -0.330. The minimum atomic E-state index is 0. The summed E-state index contributed by atoms with van der Waals surface area (Å²) >= 11 is 14.0. The van der Waals surface area contributed by atoms with E-state index in [9.17, 15) is 0 Å². The third-order valence-electron chi connectivity index (χ3n) is 2.54. The Morgan fingerprint density at radius 2 is 2.10 bits per heavy atom. The first-order chi connectivity index (χ1) is 9.22. The van der Waals surface area contributed by atoms with Crippen LogP contribution in [0.5, 0.6) is 0 Å². The molecule has 1 N–H and O–H groups in total. The third-order valence-corrected chi connectivity index (χ3v) is 3.74. The van der Waals surface area contributed by atoms with Gasteiger partial charge < -0.3 is 5.32 Å². The molecule has 1 aromatic rings. The second kappa shape index (κ2) is 8.85. The van der Waals surface area contributed by atoms with Crippen molar-refractivity contribution in [1.82, 2.24) is 5.06 Å². The lowest BCUT2D eigenvalue weighted by Gasteiger charge is -2.21. The quantitative estimate of drug-likeness (QED) is 0.814. The highest BCUT2D eigenvalue weighted by Gasteiger charge is 2.19. The van der Waals surface area contributed by atoms with E-state index in [1.165, 1.54) is 0 Å². The number of hydrogen-bond donors (Lipinski definition) is 1. The number of para-hydroxylation sites is 1. The molecule has 0 saturated heterocycles. The van der Waals surface area contributed by atoms with Gasteiger partial charge >= 0.3 is 0 Å². The van der Waals surface area contributed by atoms with Gasteiger partial charge in [-0.2, -0.15) is 11.8 Å². The van der Waals surface area contributed by atoms with E-state index in [0.717, 1.165) is 12.3 Å². The molecule has 0 unspecified atom stereocenters.